The Hall–Kier alpha value is -1.06. The minimum atomic E-state index is 0. The Bertz CT molecular complexity index is 511. The van der Waals surface area contributed by atoms with Crippen molar-refractivity contribution in [1.82, 2.24) is 10.6 Å². The van der Waals surface area contributed by atoms with Crippen molar-refractivity contribution in [1.29, 1.82) is 0 Å². The quantitative estimate of drug-likeness (QED) is 0.896. The smallest absolute Gasteiger partial charge is 0.251 e. The Morgan fingerprint density at radius 3 is 2.40 bits per heavy atom. The topological polar surface area (TPSA) is 41.1 Å². The third kappa shape index (κ3) is 2.70. The van der Waals surface area contributed by atoms with Gasteiger partial charge in [-0.15, -0.1) is 12.4 Å². The molecule has 4 rings (SSSR count). The molecule has 2 aliphatic carbocycles. The van der Waals surface area contributed by atoms with Crippen molar-refractivity contribution in [3.63, 3.8) is 0 Å². The number of rotatable bonds is 4. The van der Waals surface area contributed by atoms with Gasteiger partial charge in [-0.2, -0.15) is 0 Å². The van der Waals surface area contributed by atoms with Crippen molar-refractivity contribution in [3.8, 4) is 0 Å². The first kappa shape index (κ1) is 13.9. The number of hydrogen-bond acceptors (Lipinski definition) is 2. The Morgan fingerprint density at radius 1 is 1.10 bits per heavy atom. The summed E-state index contributed by atoms with van der Waals surface area (Å²) >= 11 is 0. The van der Waals surface area contributed by atoms with Crippen molar-refractivity contribution >= 4 is 18.3 Å². The standard InChI is InChI=1S/C16H20N2O.ClH/c19-16(18-15(10-1-2-10)11-3-4-11)12-5-6-13-8-17-9-14(13)7-12;/h5-7,10-11,15,17H,1-4,8-9H2,(H,18,19);1H. The van der Waals surface area contributed by atoms with Crippen LogP contribution in [-0.4, -0.2) is 11.9 Å². The fraction of sp³-hybridized carbons (Fsp3) is 0.562. The number of carbonyl (C=O) groups is 1. The molecule has 4 heteroatoms. The molecule has 0 unspecified atom stereocenters. The van der Waals surface area contributed by atoms with Gasteiger partial charge in [-0.25, -0.2) is 0 Å². The molecule has 1 heterocycles. The average Bonchev–Trinajstić information content (AvgIpc) is 3.33. The number of amides is 1. The fourth-order valence-electron chi connectivity index (χ4n) is 3.20. The third-order valence-corrected chi connectivity index (χ3v) is 4.66. The predicted molar refractivity (Wildman–Crippen MR) is 80.9 cm³/mol. The largest absolute Gasteiger partial charge is 0.349 e. The van der Waals surface area contributed by atoms with E-state index in [0.717, 1.165) is 30.5 Å². The van der Waals surface area contributed by atoms with Crippen LogP contribution in [0.2, 0.25) is 0 Å². The summed E-state index contributed by atoms with van der Waals surface area (Å²) in [4.78, 5) is 12.4. The van der Waals surface area contributed by atoms with E-state index in [4.69, 9.17) is 0 Å². The highest BCUT2D eigenvalue weighted by molar-refractivity contribution is 5.94. The minimum Gasteiger partial charge on any atom is -0.349 e. The van der Waals surface area contributed by atoms with E-state index in [9.17, 15) is 4.79 Å². The van der Waals surface area contributed by atoms with E-state index in [-0.39, 0.29) is 18.3 Å². The Morgan fingerprint density at radius 2 is 1.75 bits per heavy atom. The van der Waals surface area contributed by atoms with Crippen LogP contribution in [-0.2, 0) is 13.1 Å². The summed E-state index contributed by atoms with van der Waals surface area (Å²) in [5.74, 6) is 1.64. The van der Waals surface area contributed by atoms with Crippen LogP contribution in [0.15, 0.2) is 18.2 Å². The van der Waals surface area contributed by atoms with Gasteiger partial charge in [0.05, 0.1) is 0 Å². The van der Waals surface area contributed by atoms with Crippen LogP contribution < -0.4 is 10.6 Å². The monoisotopic (exact) mass is 292 g/mol. The Labute approximate surface area is 125 Å². The second kappa shape index (κ2) is 5.38. The summed E-state index contributed by atoms with van der Waals surface area (Å²) in [5, 5.41) is 6.61. The molecule has 1 aromatic rings. The molecular formula is C16H21ClN2O. The molecule has 2 N–H and O–H groups in total. The van der Waals surface area contributed by atoms with E-state index in [1.807, 2.05) is 6.07 Å². The van der Waals surface area contributed by atoms with E-state index >= 15 is 0 Å². The second-order valence-corrected chi connectivity index (χ2v) is 6.26. The lowest BCUT2D eigenvalue weighted by Crippen LogP contribution is -2.38. The third-order valence-electron chi connectivity index (χ3n) is 4.66. The molecular weight excluding hydrogens is 272 g/mol. The molecule has 0 aromatic heterocycles. The normalized spacial score (nSPS) is 20.4. The van der Waals surface area contributed by atoms with Crippen molar-refractivity contribution < 1.29 is 4.79 Å². The molecule has 20 heavy (non-hydrogen) atoms. The lowest BCUT2D eigenvalue weighted by Gasteiger charge is -2.17. The maximum atomic E-state index is 12.4. The molecule has 1 aromatic carbocycles. The number of hydrogen-bond donors (Lipinski definition) is 2. The zero-order chi connectivity index (χ0) is 12.8. The minimum absolute atomic E-state index is 0. The molecule has 0 atom stereocenters. The lowest BCUT2D eigenvalue weighted by molar-refractivity contribution is 0.0926. The van der Waals surface area contributed by atoms with Gasteiger partial charge in [0, 0.05) is 24.7 Å². The van der Waals surface area contributed by atoms with E-state index in [2.05, 4.69) is 22.8 Å². The molecule has 2 fully saturated rings. The molecule has 0 spiro atoms. The van der Waals surface area contributed by atoms with Crippen molar-refractivity contribution in [2.24, 2.45) is 11.8 Å². The molecule has 0 saturated heterocycles. The van der Waals surface area contributed by atoms with Gasteiger partial charge in [0.2, 0.25) is 0 Å². The number of fused-ring (bicyclic) bond motifs is 1. The number of benzene rings is 1. The summed E-state index contributed by atoms with van der Waals surface area (Å²) in [6, 6.07) is 6.56. The molecule has 0 radical (unpaired) electrons. The van der Waals surface area contributed by atoms with E-state index in [1.54, 1.807) is 0 Å². The highest BCUT2D eigenvalue weighted by atomic mass is 35.5. The van der Waals surface area contributed by atoms with Gasteiger partial charge in [0.15, 0.2) is 0 Å². The van der Waals surface area contributed by atoms with Crippen LogP contribution in [0.5, 0.6) is 0 Å². The molecule has 3 nitrogen and oxygen atoms in total. The van der Waals surface area contributed by atoms with Crippen molar-refractivity contribution in [2.45, 2.75) is 44.8 Å². The zero-order valence-corrected chi connectivity index (χ0v) is 12.3. The van der Waals surface area contributed by atoms with Crippen molar-refractivity contribution in [3.05, 3.63) is 34.9 Å². The summed E-state index contributed by atoms with van der Waals surface area (Å²) in [5.41, 5.74) is 3.44. The molecule has 2 saturated carbocycles. The highest BCUT2D eigenvalue weighted by Crippen LogP contribution is 2.44. The predicted octanol–water partition coefficient (Wildman–Crippen LogP) is 2.63. The average molecular weight is 293 g/mol. The van der Waals surface area contributed by atoms with Crippen LogP contribution in [0.3, 0.4) is 0 Å². The Kier molecular flexibility index (Phi) is 3.74. The summed E-state index contributed by atoms with van der Waals surface area (Å²) < 4.78 is 0. The molecule has 108 valence electrons. The molecule has 0 bridgehead atoms. The van der Waals surface area contributed by atoms with Crippen LogP contribution in [0.4, 0.5) is 0 Å². The number of halogens is 1. The zero-order valence-electron chi connectivity index (χ0n) is 11.5. The Balaban J connectivity index is 0.00000121. The van der Waals surface area contributed by atoms with Gasteiger partial charge in [-0.3, -0.25) is 4.79 Å². The SMILES string of the molecule is Cl.O=C(NC(C1CC1)C1CC1)c1ccc2c(c1)CNC2. The van der Waals surface area contributed by atoms with Crippen LogP contribution in [0.1, 0.15) is 47.2 Å². The van der Waals surface area contributed by atoms with Gasteiger partial charge in [-0.1, -0.05) is 6.07 Å². The first-order chi connectivity index (χ1) is 9.31. The molecule has 3 aliphatic rings. The first-order valence-corrected chi connectivity index (χ1v) is 7.44. The van der Waals surface area contributed by atoms with E-state index in [1.165, 1.54) is 36.8 Å². The second-order valence-electron chi connectivity index (χ2n) is 6.26. The molecule has 1 amide bonds. The van der Waals surface area contributed by atoms with Crippen LogP contribution >= 0.6 is 12.4 Å². The van der Waals surface area contributed by atoms with Gasteiger partial charge < -0.3 is 10.6 Å². The van der Waals surface area contributed by atoms with Crippen LogP contribution in [0.25, 0.3) is 0 Å². The van der Waals surface area contributed by atoms with Gasteiger partial charge in [0.1, 0.15) is 0 Å². The van der Waals surface area contributed by atoms with E-state index in [0.29, 0.717) is 6.04 Å². The highest BCUT2D eigenvalue weighted by Gasteiger charge is 2.42. The lowest BCUT2D eigenvalue weighted by atomic mass is 10.0. The fourth-order valence-corrected chi connectivity index (χ4v) is 3.20. The number of carbonyl (C=O) groups excluding carboxylic acids is 1. The summed E-state index contributed by atoms with van der Waals surface area (Å²) in [6.45, 7) is 1.83. The van der Waals surface area contributed by atoms with Gasteiger partial charge in [0.25, 0.3) is 5.91 Å². The molecule has 1 aliphatic heterocycles. The maximum absolute atomic E-state index is 12.4. The summed E-state index contributed by atoms with van der Waals surface area (Å²) in [6.07, 6.45) is 5.20. The number of nitrogens with one attached hydrogen (secondary N) is 2. The van der Waals surface area contributed by atoms with Gasteiger partial charge in [-0.05, 0) is 60.8 Å². The van der Waals surface area contributed by atoms with Crippen LogP contribution in [0, 0.1) is 11.8 Å². The van der Waals surface area contributed by atoms with Crippen molar-refractivity contribution in [2.75, 3.05) is 0 Å². The first-order valence-electron chi connectivity index (χ1n) is 7.44. The summed E-state index contributed by atoms with van der Waals surface area (Å²) in [7, 11) is 0. The maximum Gasteiger partial charge on any atom is 0.251 e. The van der Waals surface area contributed by atoms with Gasteiger partial charge >= 0.3 is 0 Å². The van der Waals surface area contributed by atoms with E-state index < -0.39 is 0 Å².